The first kappa shape index (κ1) is 10.6. The highest BCUT2D eigenvalue weighted by molar-refractivity contribution is 5.85. The molecule has 0 aliphatic heterocycles. The molecular formula is C5H7ClF3NO. The fourth-order valence-corrected chi connectivity index (χ4v) is 0.795. The highest BCUT2D eigenvalue weighted by Gasteiger charge is 2.67. The summed E-state index contributed by atoms with van der Waals surface area (Å²) in [6.07, 6.45) is -4.74. The molecule has 1 aliphatic rings. The molecule has 2 nitrogen and oxygen atoms in total. The third-order valence-electron chi connectivity index (χ3n) is 1.76. The van der Waals surface area contributed by atoms with Crippen molar-refractivity contribution in [2.24, 2.45) is 11.1 Å². The van der Waals surface area contributed by atoms with Crippen LogP contribution in [0, 0.1) is 5.41 Å². The zero-order valence-corrected chi connectivity index (χ0v) is 6.26. The number of hydrogen-bond donors (Lipinski definition) is 1. The summed E-state index contributed by atoms with van der Waals surface area (Å²) >= 11 is 0. The van der Waals surface area contributed by atoms with E-state index in [0.717, 1.165) is 0 Å². The van der Waals surface area contributed by atoms with Gasteiger partial charge in [-0.3, -0.25) is 4.79 Å². The Morgan fingerprint density at radius 1 is 1.36 bits per heavy atom. The predicted octanol–water partition coefficient (Wildman–Crippen LogP) is 1.24. The van der Waals surface area contributed by atoms with Crippen LogP contribution in [-0.2, 0) is 4.79 Å². The van der Waals surface area contributed by atoms with Crippen molar-refractivity contribution in [2.45, 2.75) is 19.0 Å². The molecule has 11 heavy (non-hydrogen) atoms. The molecule has 0 bridgehead atoms. The van der Waals surface area contributed by atoms with Gasteiger partial charge in [-0.25, -0.2) is 0 Å². The van der Waals surface area contributed by atoms with E-state index in [-0.39, 0.29) is 25.2 Å². The van der Waals surface area contributed by atoms with Gasteiger partial charge < -0.3 is 5.73 Å². The van der Waals surface area contributed by atoms with E-state index in [0.29, 0.717) is 0 Å². The number of hydrogen-bond acceptors (Lipinski definition) is 1. The molecule has 0 unspecified atom stereocenters. The van der Waals surface area contributed by atoms with Gasteiger partial charge in [-0.1, -0.05) is 0 Å². The van der Waals surface area contributed by atoms with Crippen LogP contribution in [0.5, 0.6) is 0 Å². The van der Waals surface area contributed by atoms with Crippen molar-refractivity contribution in [3.8, 4) is 0 Å². The lowest BCUT2D eigenvalue weighted by Gasteiger charge is -2.14. The second-order valence-electron chi connectivity index (χ2n) is 2.44. The topological polar surface area (TPSA) is 43.1 Å². The monoisotopic (exact) mass is 189 g/mol. The predicted molar refractivity (Wildman–Crippen MR) is 34.2 cm³/mol. The van der Waals surface area contributed by atoms with Crippen molar-refractivity contribution < 1.29 is 18.0 Å². The lowest BCUT2D eigenvalue weighted by atomic mass is 10.1. The van der Waals surface area contributed by atoms with Crippen LogP contribution in [0.15, 0.2) is 0 Å². The van der Waals surface area contributed by atoms with Gasteiger partial charge in [0.25, 0.3) is 0 Å². The largest absolute Gasteiger partial charge is 0.403 e. The Kier molecular flexibility index (Phi) is 2.44. The molecule has 1 amide bonds. The van der Waals surface area contributed by atoms with Crippen LogP contribution < -0.4 is 5.73 Å². The molecule has 2 N–H and O–H groups in total. The van der Waals surface area contributed by atoms with Crippen molar-refractivity contribution in [3.63, 3.8) is 0 Å². The number of carbonyl (C=O) groups excluding carboxylic acids is 1. The molecule has 0 radical (unpaired) electrons. The Balaban J connectivity index is 0.000001000. The third kappa shape index (κ3) is 1.42. The molecule has 1 rings (SSSR count). The van der Waals surface area contributed by atoms with Gasteiger partial charge in [0.05, 0.1) is 0 Å². The number of amides is 1. The molecule has 0 saturated heterocycles. The smallest absolute Gasteiger partial charge is 0.369 e. The minimum absolute atomic E-state index is 0. The van der Waals surface area contributed by atoms with E-state index < -0.39 is 17.5 Å². The number of nitrogens with two attached hydrogens (primary N) is 1. The number of rotatable bonds is 1. The quantitative estimate of drug-likeness (QED) is 0.663. The average Bonchev–Trinajstić information content (AvgIpc) is 2.36. The van der Waals surface area contributed by atoms with Crippen molar-refractivity contribution in [1.82, 2.24) is 0 Å². The van der Waals surface area contributed by atoms with E-state index in [1.807, 2.05) is 0 Å². The van der Waals surface area contributed by atoms with E-state index in [9.17, 15) is 18.0 Å². The summed E-state index contributed by atoms with van der Waals surface area (Å²) in [7, 11) is 0. The molecule has 0 spiro atoms. The summed E-state index contributed by atoms with van der Waals surface area (Å²) in [6.45, 7) is 0. The van der Waals surface area contributed by atoms with Crippen LogP contribution in [0.3, 0.4) is 0 Å². The maximum Gasteiger partial charge on any atom is 0.403 e. The second kappa shape index (κ2) is 2.55. The van der Waals surface area contributed by atoms with Crippen LogP contribution >= 0.6 is 12.4 Å². The van der Waals surface area contributed by atoms with Gasteiger partial charge in [-0.2, -0.15) is 13.2 Å². The van der Waals surface area contributed by atoms with E-state index >= 15 is 0 Å². The molecule has 66 valence electrons. The minimum Gasteiger partial charge on any atom is -0.369 e. The molecular weight excluding hydrogens is 183 g/mol. The molecule has 6 heteroatoms. The van der Waals surface area contributed by atoms with E-state index in [4.69, 9.17) is 0 Å². The van der Waals surface area contributed by atoms with Gasteiger partial charge in [0.15, 0.2) is 0 Å². The normalized spacial score (nSPS) is 20.3. The Hall–Kier alpha value is -0.450. The number of carbonyl (C=O) groups is 1. The highest BCUT2D eigenvalue weighted by Crippen LogP contribution is 2.57. The molecule has 0 heterocycles. The first-order valence-electron chi connectivity index (χ1n) is 2.77. The molecule has 1 fully saturated rings. The van der Waals surface area contributed by atoms with Crippen LogP contribution in [0.2, 0.25) is 0 Å². The summed E-state index contributed by atoms with van der Waals surface area (Å²) in [6, 6.07) is 0. The van der Waals surface area contributed by atoms with Gasteiger partial charge in [-0.15, -0.1) is 12.4 Å². The van der Waals surface area contributed by atoms with Crippen LogP contribution in [0.1, 0.15) is 12.8 Å². The van der Waals surface area contributed by atoms with Gasteiger partial charge in [0.1, 0.15) is 5.41 Å². The van der Waals surface area contributed by atoms with Gasteiger partial charge >= 0.3 is 6.18 Å². The summed E-state index contributed by atoms with van der Waals surface area (Å²) < 4.78 is 35.5. The van der Waals surface area contributed by atoms with E-state index in [1.165, 1.54) is 0 Å². The molecule has 0 aromatic rings. The number of halogens is 4. The van der Waals surface area contributed by atoms with Crippen LogP contribution in [-0.4, -0.2) is 12.1 Å². The molecule has 1 saturated carbocycles. The Labute approximate surface area is 67.3 Å². The number of primary amides is 1. The lowest BCUT2D eigenvalue weighted by Crippen LogP contribution is -2.37. The van der Waals surface area contributed by atoms with E-state index in [2.05, 4.69) is 5.73 Å². The van der Waals surface area contributed by atoms with Crippen molar-refractivity contribution in [2.75, 3.05) is 0 Å². The SMILES string of the molecule is Cl.NC(=O)C1(C(F)(F)F)CC1. The zero-order valence-electron chi connectivity index (χ0n) is 5.44. The standard InChI is InChI=1S/C5H6F3NO.ClH/c6-5(7,8)4(1-2-4)3(9)10;/h1-2H2,(H2,9,10);1H. The Bertz CT molecular complexity index is 175. The summed E-state index contributed by atoms with van der Waals surface area (Å²) in [5, 5.41) is 0. The van der Waals surface area contributed by atoms with Crippen LogP contribution in [0.25, 0.3) is 0 Å². The summed E-state index contributed by atoms with van der Waals surface area (Å²) in [5.74, 6) is -1.25. The number of alkyl halides is 3. The van der Waals surface area contributed by atoms with E-state index in [1.54, 1.807) is 0 Å². The van der Waals surface area contributed by atoms with Gasteiger partial charge in [0.2, 0.25) is 5.91 Å². The summed E-state index contributed by atoms with van der Waals surface area (Å²) in [4.78, 5) is 10.2. The third-order valence-corrected chi connectivity index (χ3v) is 1.76. The second-order valence-corrected chi connectivity index (χ2v) is 2.44. The maximum atomic E-state index is 11.8. The van der Waals surface area contributed by atoms with Crippen molar-refractivity contribution in [1.29, 1.82) is 0 Å². The zero-order chi connectivity index (χ0) is 7.99. The first-order chi connectivity index (χ1) is 4.40. The van der Waals surface area contributed by atoms with Crippen molar-refractivity contribution in [3.05, 3.63) is 0 Å². The fraction of sp³-hybridized carbons (Fsp3) is 0.800. The minimum atomic E-state index is -4.45. The maximum absolute atomic E-state index is 11.8. The Morgan fingerprint density at radius 3 is 1.73 bits per heavy atom. The van der Waals surface area contributed by atoms with Gasteiger partial charge in [0, 0.05) is 0 Å². The molecule has 0 aromatic heterocycles. The highest BCUT2D eigenvalue weighted by atomic mass is 35.5. The van der Waals surface area contributed by atoms with Crippen molar-refractivity contribution >= 4 is 18.3 Å². The molecule has 0 aromatic carbocycles. The summed E-state index contributed by atoms with van der Waals surface area (Å²) in [5.41, 5.74) is 2.39. The van der Waals surface area contributed by atoms with Crippen LogP contribution in [0.4, 0.5) is 13.2 Å². The Morgan fingerprint density at radius 2 is 1.73 bits per heavy atom. The lowest BCUT2D eigenvalue weighted by molar-refractivity contribution is -0.190. The molecule has 1 aliphatic carbocycles. The molecule has 0 atom stereocenters. The average molecular weight is 190 g/mol. The first-order valence-corrected chi connectivity index (χ1v) is 2.77. The van der Waals surface area contributed by atoms with Gasteiger partial charge in [-0.05, 0) is 12.8 Å². The fourth-order valence-electron chi connectivity index (χ4n) is 0.795.